The fourth-order valence-corrected chi connectivity index (χ4v) is 2.40. The van der Waals surface area contributed by atoms with Gasteiger partial charge in [-0.05, 0) is 37.3 Å². The molecule has 2 rings (SSSR count). The summed E-state index contributed by atoms with van der Waals surface area (Å²) >= 11 is 1.79. The average Bonchev–Trinajstić information content (AvgIpc) is 3.10. The largest absolute Gasteiger partial charge is 0.508 e. The van der Waals surface area contributed by atoms with Crippen LogP contribution in [-0.4, -0.2) is 28.6 Å². The maximum absolute atomic E-state index is 11.9. The molecule has 0 atom stereocenters. The zero-order chi connectivity index (χ0) is 12.5. The first kappa shape index (κ1) is 12.1. The number of amides is 1. The Labute approximate surface area is 105 Å². The van der Waals surface area contributed by atoms with Crippen LogP contribution in [0.15, 0.2) is 18.2 Å². The Balaban J connectivity index is 2.02. The van der Waals surface area contributed by atoms with Crippen molar-refractivity contribution < 1.29 is 9.90 Å². The fourth-order valence-electron chi connectivity index (χ4n) is 1.67. The van der Waals surface area contributed by atoms with Gasteiger partial charge in [-0.25, -0.2) is 0 Å². The lowest BCUT2D eigenvalue weighted by Gasteiger charge is -2.13. The normalized spacial score (nSPS) is 16.5. The van der Waals surface area contributed by atoms with Crippen molar-refractivity contribution in [2.45, 2.75) is 17.6 Å². The van der Waals surface area contributed by atoms with Crippen LogP contribution in [0.4, 0.5) is 5.69 Å². The molecule has 1 aliphatic carbocycles. The van der Waals surface area contributed by atoms with Crippen molar-refractivity contribution >= 4 is 23.4 Å². The van der Waals surface area contributed by atoms with Crippen LogP contribution in [0.25, 0.3) is 0 Å². The summed E-state index contributed by atoms with van der Waals surface area (Å²) in [5.41, 5.74) is 6.42. The number of hydrogen-bond donors (Lipinski definition) is 3. The number of phenols is 1. The number of hydrogen-bond acceptors (Lipinski definition) is 4. The molecule has 0 aromatic heterocycles. The Hall–Kier alpha value is -1.36. The number of phenolic OH excluding ortho intramolecular Hbond substituents is 1. The second kappa shape index (κ2) is 4.49. The van der Waals surface area contributed by atoms with E-state index < -0.39 is 0 Å². The topological polar surface area (TPSA) is 75.3 Å². The zero-order valence-electron chi connectivity index (χ0n) is 9.69. The van der Waals surface area contributed by atoms with E-state index in [1.54, 1.807) is 11.8 Å². The molecule has 1 saturated carbocycles. The highest BCUT2D eigenvalue weighted by molar-refractivity contribution is 8.00. The third kappa shape index (κ3) is 2.66. The third-order valence-electron chi connectivity index (χ3n) is 3.09. The number of aromatic hydroxyl groups is 1. The monoisotopic (exact) mass is 252 g/mol. The standard InChI is InChI=1S/C12H16N2O2S/c1-17-12(4-5-12)7-14-11(16)9-6-8(15)2-3-10(9)13/h2-3,6,15H,4-5,7,13H2,1H3,(H,14,16). The third-order valence-corrected chi connectivity index (χ3v) is 4.51. The number of nitrogen functional groups attached to an aromatic ring is 1. The highest BCUT2D eigenvalue weighted by Crippen LogP contribution is 2.46. The molecular formula is C12H16N2O2S. The summed E-state index contributed by atoms with van der Waals surface area (Å²) in [6.45, 7) is 0.655. The summed E-state index contributed by atoms with van der Waals surface area (Å²) in [6.07, 6.45) is 4.34. The summed E-state index contributed by atoms with van der Waals surface area (Å²) in [5.74, 6) is -0.172. The summed E-state index contributed by atoms with van der Waals surface area (Å²) in [7, 11) is 0. The Morgan fingerprint density at radius 1 is 1.59 bits per heavy atom. The molecule has 0 unspecified atom stereocenters. The second-order valence-corrected chi connectivity index (χ2v) is 5.62. The molecule has 0 spiro atoms. The number of thioether (sulfide) groups is 1. The molecule has 4 nitrogen and oxygen atoms in total. The molecule has 1 amide bonds. The van der Waals surface area contributed by atoms with E-state index in [1.807, 2.05) is 0 Å². The second-order valence-electron chi connectivity index (χ2n) is 4.34. The first-order chi connectivity index (χ1) is 8.06. The van der Waals surface area contributed by atoms with Crippen molar-refractivity contribution in [3.05, 3.63) is 23.8 Å². The van der Waals surface area contributed by atoms with Gasteiger partial charge in [-0.2, -0.15) is 11.8 Å². The van der Waals surface area contributed by atoms with E-state index in [4.69, 9.17) is 5.73 Å². The number of benzene rings is 1. The molecule has 92 valence electrons. The molecule has 0 heterocycles. The minimum absolute atomic E-state index is 0.0513. The molecule has 1 fully saturated rings. The van der Waals surface area contributed by atoms with Crippen LogP contribution in [-0.2, 0) is 0 Å². The number of carbonyl (C=O) groups excluding carboxylic acids is 1. The van der Waals surface area contributed by atoms with Crippen LogP contribution in [0.2, 0.25) is 0 Å². The Morgan fingerprint density at radius 3 is 2.88 bits per heavy atom. The lowest BCUT2D eigenvalue weighted by Crippen LogP contribution is -2.32. The van der Waals surface area contributed by atoms with E-state index in [0.29, 0.717) is 17.8 Å². The van der Waals surface area contributed by atoms with E-state index in [0.717, 1.165) is 12.8 Å². The minimum Gasteiger partial charge on any atom is -0.508 e. The van der Waals surface area contributed by atoms with Gasteiger partial charge in [0.25, 0.3) is 5.91 Å². The number of nitrogens with one attached hydrogen (secondary N) is 1. The Morgan fingerprint density at radius 2 is 2.29 bits per heavy atom. The highest BCUT2D eigenvalue weighted by Gasteiger charge is 2.42. The summed E-state index contributed by atoms with van der Waals surface area (Å²) in [5, 5.41) is 12.2. The quantitative estimate of drug-likeness (QED) is 0.562. The molecule has 0 bridgehead atoms. The molecule has 0 saturated heterocycles. The lowest BCUT2D eigenvalue weighted by molar-refractivity contribution is 0.0953. The molecule has 0 radical (unpaired) electrons. The summed E-state index contributed by atoms with van der Waals surface area (Å²) in [4.78, 5) is 11.9. The van der Waals surface area contributed by atoms with Crippen LogP contribution in [0.1, 0.15) is 23.2 Å². The molecule has 1 aromatic rings. The summed E-state index contributed by atoms with van der Waals surface area (Å²) < 4.78 is 0.223. The van der Waals surface area contributed by atoms with Crippen molar-refractivity contribution in [1.29, 1.82) is 0 Å². The van der Waals surface area contributed by atoms with Crippen molar-refractivity contribution in [2.24, 2.45) is 0 Å². The Kier molecular flexibility index (Phi) is 3.19. The van der Waals surface area contributed by atoms with Gasteiger partial charge < -0.3 is 16.2 Å². The van der Waals surface area contributed by atoms with Crippen molar-refractivity contribution in [1.82, 2.24) is 5.32 Å². The van der Waals surface area contributed by atoms with Crippen LogP contribution in [0.5, 0.6) is 5.75 Å². The maximum atomic E-state index is 11.9. The minimum atomic E-state index is -0.223. The van der Waals surface area contributed by atoms with Crippen LogP contribution in [0, 0.1) is 0 Å². The van der Waals surface area contributed by atoms with E-state index >= 15 is 0 Å². The van der Waals surface area contributed by atoms with Gasteiger partial charge in [-0.1, -0.05) is 0 Å². The van der Waals surface area contributed by atoms with Gasteiger partial charge in [0.1, 0.15) is 5.75 Å². The molecule has 1 aromatic carbocycles. The van der Waals surface area contributed by atoms with Crippen molar-refractivity contribution in [3.8, 4) is 5.75 Å². The van der Waals surface area contributed by atoms with E-state index in [1.165, 1.54) is 18.2 Å². The smallest absolute Gasteiger partial charge is 0.253 e. The molecule has 5 heteroatoms. The van der Waals surface area contributed by atoms with Gasteiger partial charge in [0.15, 0.2) is 0 Å². The average molecular weight is 252 g/mol. The van der Waals surface area contributed by atoms with Gasteiger partial charge >= 0.3 is 0 Å². The van der Waals surface area contributed by atoms with Gasteiger partial charge in [0.2, 0.25) is 0 Å². The van der Waals surface area contributed by atoms with Gasteiger partial charge in [0.05, 0.1) is 5.56 Å². The highest BCUT2D eigenvalue weighted by atomic mass is 32.2. The number of nitrogens with two attached hydrogens (primary N) is 1. The van der Waals surface area contributed by atoms with Crippen LogP contribution < -0.4 is 11.1 Å². The number of rotatable bonds is 4. The van der Waals surface area contributed by atoms with E-state index in [-0.39, 0.29) is 16.4 Å². The predicted molar refractivity (Wildman–Crippen MR) is 70.3 cm³/mol. The molecule has 1 aliphatic rings. The number of anilines is 1. The molecule has 17 heavy (non-hydrogen) atoms. The van der Waals surface area contributed by atoms with Gasteiger partial charge in [-0.3, -0.25) is 4.79 Å². The summed E-state index contributed by atoms with van der Waals surface area (Å²) in [6, 6.07) is 4.39. The van der Waals surface area contributed by atoms with Crippen molar-refractivity contribution in [3.63, 3.8) is 0 Å². The lowest BCUT2D eigenvalue weighted by atomic mass is 10.1. The first-order valence-corrected chi connectivity index (χ1v) is 6.71. The van der Waals surface area contributed by atoms with Crippen molar-refractivity contribution in [2.75, 3.05) is 18.5 Å². The van der Waals surface area contributed by atoms with E-state index in [2.05, 4.69) is 11.6 Å². The number of carbonyl (C=O) groups is 1. The molecule has 4 N–H and O–H groups in total. The molecule has 0 aliphatic heterocycles. The van der Waals surface area contributed by atoms with Gasteiger partial charge in [0, 0.05) is 17.0 Å². The van der Waals surface area contributed by atoms with Crippen LogP contribution >= 0.6 is 11.8 Å². The maximum Gasteiger partial charge on any atom is 0.253 e. The Bertz CT molecular complexity index is 444. The van der Waals surface area contributed by atoms with Crippen LogP contribution in [0.3, 0.4) is 0 Å². The van der Waals surface area contributed by atoms with Gasteiger partial charge in [-0.15, -0.1) is 0 Å². The first-order valence-electron chi connectivity index (χ1n) is 5.48. The SMILES string of the molecule is CSC1(CNC(=O)c2cc(O)ccc2N)CC1. The predicted octanol–water partition coefficient (Wildman–Crippen LogP) is 1.60. The van der Waals surface area contributed by atoms with E-state index in [9.17, 15) is 9.90 Å². The fraction of sp³-hybridized carbons (Fsp3) is 0.417. The zero-order valence-corrected chi connectivity index (χ0v) is 10.5. The molecular weight excluding hydrogens is 236 g/mol.